The Labute approximate surface area is 100 Å². The quantitative estimate of drug-likeness (QED) is 0.726. The van der Waals surface area contributed by atoms with E-state index >= 15 is 0 Å². The lowest BCUT2D eigenvalue weighted by atomic mass is 9.83. The Hall–Kier alpha value is -0.340. The topological polar surface area (TPSA) is 21.3 Å². The summed E-state index contributed by atoms with van der Waals surface area (Å²) in [7, 11) is 0. The molecule has 1 fully saturated rings. The SMILES string of the molecule is C=CC(C)(CNC(C)(C)C)CC1CCCO1. The van der Waals surface area contributed by atoms with Gasteiger partial charge in [0.1, 0.15) is 0 Å². The highest BCUT2D eigenvalue weighted by atomic mass is 16.5. The monoisotopic (exact) mass is 225 g/mol. The van der Waals surface area contributed by atoms with Crippen LogP contribution in [0, 0.1) is 5.41 Å². The summed E-state index contributed by atoms with van der Waals surface area (Å²) >= 11 is 0. The summed E-state index contributed by atoms with van der Waals surface area (Å²) in [6.07, 6.45) is 6.01. The van der Waals surface area contributed by atoms with Gasteiger partial charge in [0.05, 0.1) is 6.10 Å². The van der Waals surface area contributed by atoms with Gasteiger partial charge in [0.25, 0.3) is 0 Å². The van der Waals surface area contributed by atoms with Crippen molar-refractivity contribution in [3.63, 3.8) is 0 Å². The van der Waals surface area contributed by atoms with Crippen molar-refractivity contribution in [2.45, 2.75) is 58.6 Å². The lowest BCUT2D eigenvalue weighted by Gasteiger charge is -2.32. The highest BCUT2D eigenvalue weighted by molar-refractivity contribution is 4.96. The maximum absolute atomic E-state index is 5.71. The minimum absolute atomic E-state index is 0.141. The van der Waals surface area contributed by atoms with Crippen LogP contribution in [0.25, 0.3) is 0 Å². The van der Waals surface area contributed by atoms with Crippen molar-refractivity contribution >= 4 is 0 Å². The summed E-state index contributed by atoms with van der Waals surface area (Å²) < 4.78 is 5.71. The number of hydrogen-bond donors (Lipinski definition) is 1. The van der Waals surface area contributed by atoms with Crippen molar-refractivity contribution in [3.8, 4) is 0 Å². The molecule has 0 spiro atoms. The van der Waals surface area contributed by atoms with Crippen molar-refractivity contribution in [1.82, 2.24) is 5.32 Å². The second-order valence-corrected chi connectivity index (χ2v) is 6.30. The van der Waals surface area contributed by atoms with Crippen LogP contribution in [-0.2, 0) is 4.74 Å². The van der Waals surface area contributed by atoms with Gasteiger partial charge in [-0.1, -0.05) is 13.0 Å². The molecule has 0 radical (unpaired) electrons. The van der Waals surface area contributed by atoms with Gasteiger partial charge in [-0.3, -0.25) is 0 Å². The van der Waals surface area contributed by atoms with Crippen LogP contribution >= 0.6 is 0 Å². The maximum Gasteiger partial charge on any atom is 0.0584 e. The predicted octanol–water partition coefficient (Wildman–Crippen LogP) is 3.14. The molecule has 0 aromatic heterocycles. The van der Waals surface area contributed by atoms with Crippen LogP contribution in [0.2, 0.25) is 0 Å². The van der Waals surface area contributed by atoms with E-state index in [-0.39, 0.29) is 11.0 Å². The molecule has 0 aromatic carbocycles. The van der Waals surface area contributed by atoms with Gasteiger partial charge in [-0.25, -0.2) is 0 Å². The first kappa shape index (κ1) is 13.7. The van der Waals surface area contributed by atoms with Crippen molar-refractivity contribution in [2.24, 2.45) is 5.41 Å². The molecule has 94 valence electrons. The molecular weight excluding hydrogens is 198 g/mol. The number of ether oxygens (including phenoxy) is 1. The second kappa shape index (κ2) is 5.33. The molecule has 1 N–H and O–H groups in total. The van der Waals surface area contributed by atoms with Gasteiger partial charge in [0, 0.05) is 24.1 Å². The van der Waals surface area contributed by atoms with E-state index in [0.29, 0.717) is 6.10 Å². The Bertz CT molecular complexity index is 225. The van der Waals surface area contributed by atoms with E-state index in [4.69, 9.17) is 4.74 Å². The Balaban J connectivity index is 2.45. The highest BCUT2D eigenvalue weighted by Gasteiger charge is 2.28. The van der Waals surface area contributed by atoms with Gasteiger partial charge in [-0.15, -0.1) is 6.58 Å². The molecule has 1 saturated heterocycles. The van der Waals surface area contributed by atoms with Gasteiger partial charge in [-0.2, -0.15) is 0 Å². The average Bonchev–Trinajstić information content (AvgIpc) is 2.66. The Kier molecular flexibility index (Phi) is 4.57. The molecule has 1 aliphatic rings. The number of nitrogens with one attached hydrogen (secondary N) is 1. The zero-order valence-corrected chi connectivity index (χ0v) is 11.3. The fourth-order valence-corrected chi connectivity index (χ4v) is 2.02. The first-order valence-corrected chi connectivity index (χ1v) is 6.35. The third-order valence-electron chi connectivity index (χ3n) is 3.23. The summed E-state index contributed by atoms with van der Waals surface area (Å²) in [5, 5.41) is 3.56. The zero-order valence-electron chi connectivity index (χ0n) is 11.3. The minimum atomic E-state index is 0.141. The van der Waals surface area contributed by atoms with Gasteiger partial charge in [-0.05, 0) is 40.0 Å². The zero-order chi connectivity index (χ0) is 12.2. The molecule has 0 aromatic rings. The first-order chi connectivity index (χ1) is 7.35. The lowest BCUT2D eigenvalue weighted by Crippen LogP contribution is -2.43. The Morgan fingerprint density at radius 3 is 2.50 bits per heavy atom. The van der Waals surface area contributed by atoms with E-state index in [2.05, 4.69) is 45.7 Å². The fraction of sp³-hybridized carbons (Fsp3) is 0.857. The molecule has 1 heterocycles. The van der Waals surface area contributed by atoms with Gasteiger partial charge < -0.3 is 10.1 Å². The molecule has 1 rings (SSSR count). The molecule has 0 aliphatic carbocycles. The van der Waals surface area contributed by atoms with Crippen LogP contribution in [0.3, 0.4) is 0 Å². The van der Waals surface area contributed by atoms with E-state index in [1.54, 1.807) is 0 Å². The minimum Gasteiger partial charge on any atom is -0.378 e. The van der Waals surface area contributed by atoms with E-state index in [9.17, 15) is 0 Å². The predicted molar refractivity (Wildman–Crippen MR) is 69.7 cm³/mol. The first-order valence-electron chi connectivity index (χ1n) is 6.35. The van der Waals surface area contributed by atoms with Crippen LogP contribution in [0.15, 0.2) is 12.7 Å². The molecule has 2 unspecified atom stereocenters. The maximum atomic E-state index is 5.71. The third kappa shape index (κ3) is 4.67. The fourth-order valence-electron chi connectivity index (χ4n) is 2.02. The molecule has 2 nitrogen and oxygen atoms in total. The summed E-state index contributed by atoms with van der Waals surface area (Å²) in [5.41, 5.74) is 0.309. The van der Waals surface area contributed by atoms with Gasteiger partial charge in [0.15, 0.2) is 0 Å². The smallest absolute Gasteiger partial charge is 0.0584 e. The van der Waals surface area contributed by atoms with E-state index in [1.807, 2.05) is 0 Å². The molecule has 2 atom stereocenters. The van der Waals surface area contributed by atoms with Crippen LogP contribution in [0.4, 0.5) is 0 Å². The summed E-state index contributed by atoms with van der Waals surface area (Å²) in [6.45, 7) is 14.7. The highest BCUT2D eigenvalue weighted by Crippen LogP contribution is 2.29. The molecule has 1 aliphatic heterocycles. The van der Waals surface area contributed by atoms with Crippen molar-refractivity contribution in [2.75, 3.05) is 13.2 Å². The largest absolute Gasteiger partial charge is 0.378 e. The van der Waals surface area contributed by atoms with Gasteiger partial charge in [0.2, 0.25) is 0 Å². The summed E-state index contributed by atoms with van der Waals surface area (Å²) in [4.78, 5) is 0. The van der Waals surface area contributed by atoms with Crippen LogP contribution in [-0.4, -0.2) is 24.8 Å². The van der Waals surface area contributed by atoms with Gasteiger partial charge >= 0.3 is 0 Å². The van der Waals surface area contributed by atoms with Crippen LogP contribution in [0.1, 0.15) is 47.0 Å². The van der Waals surface area contributed by atoms with Crippen molar-refractivity contribution < 1.29 is 4.74 Å². The third-order valence-corrected chi connectivity index (χ3v) is 3.23. The Morgan fingerprint density at radius 2 is 2.06 bits per heavy atom. The number of hydrogen-bond acceptors (Lipinski definition) is 2. The molecule has 0 saturated carbocycles. The lowest BCUT2D eigenvalue weighted by molar-refractivity contribution is 0.0768. The summed E-state index contributed by atoms with van der Waals surface area (Å²) in [6, 6.07) is 0. The Morgan fingerprint density at radius 1 is 1.38 bits per heavy atom. The van der Waals surface area contributed by atoms with E-state index < -0.39 is 0 Å². The molecular formula is C14H27NO. The molecule has 0 amide bonds. The molecule has 0 bridgehead atoms. The number of rotatable bonds is 5. The van der Waals surface area contributed by atoms with Crippen molar-refractivity contribution in [3.05, 3.63) is 12.7 Å². The molecule has 16 heavy (non-hydrogen) atoms. The second-order valence-electron chi connectivity index (χ2n) is 6.30. The average molecular weight is 225 g/mol. The van der Waals surface area contributed by atoms with E-state index in [0.717, 1.165) is 19.6 Å². The summed E-state index contributed by atoms with van der Waals surface area (Å²) in [5.74, 6) is 0. The van der Waals surface area contributed by atoms with Crippen LogP contribution in [0.5, 0.6) is 0 Å². The van der Waals surface area contributed by atoms with Crippen LogP contribution < -0.4 is 5.32 Å². The normalized spacial score (nSPS) is 25.4. The molecule has 2 heteroatoms. The van der Waals surface area contributed by atoms with E-state index in [1.165, 1.54) is 12.8 Å². The van der Waals surface area contributed by atoms with Crippen molar-refractivity contribution in [1.29, 1.82) is 0 Å². The standard InChI is InChI=1S/C14H27NO/c1-6-14(5,11-15-13(2,3)4)10-12-8-7-9-16-12/h6,12,15H,1,7-11H2,2-5H3.